The minimum Gasteiger partial charge on any atom is -0.365 e. The van der Waals surface area contributed by atoms with Gasteiger partial charge in [-0.05, 0) is 53.3 Å². The van der Waals surface area contributed by atoms with E-state index in [1.165, 1.54) is 0 Å². The van der Waals surface area contributed by atoms with Gasteiger partial charge in [-0.2, -0.15) is 0 Å². The standard InChI is InChI=1S/C21H31N5O/c1-13(2)17(15(5)19(22-7)26-21(6)9-10-21)20(27)24-12-16-8-11-23-18(25-16)14(3)4/h8,11,14,26H,7,9-10,12H2,1-6H3,(H,24,27)/b19-15-. The molecule has 1 fully saturated rings. The number of aliphatic imine (C=N–C) groups is 1. The smallest absolute Gasteiger partial charge is 0.251 e. The van der Waals surface area contributed by atoms with Crippen LogP contribution in [-0.4, -0.2) is 28.1 Å². The molecule has 0 aliphatic heterocycles. The highest BCUT2D eigenvalue weighted by atomic mass is 16.1. The van der Waals surface area contributed by atoms with Crippen LogP contribution in [0.1, 0.15) is 71.8 Å². The molecule has 0 radical (unpaired) electrons. The maximum Gasteiger partial charge on any atom is 0.251 e. The third-order valence-corrected chi connectivity index (χ3v) is 4.71. The van der Waals surface area contributed by atoms with Crippen LogP contribution in [0.3, 0.4) is 0 Å². The Morgan fingerprint density at radius 2 is 2.00 bits per heavy atom. The number of rotatable bonds is 8. The average molecular weight is 370 g/mol. The van der Waals surface area contributed by atoms with Gasteiger partial charge in [0.05, 0.1) is 12.2 Å². The van der Waals surface area contributed by atoms with Crippen LogP contribution >= 0.6 is 0 Å². The Morgan fingerprint density at radius 3 is 2.52 bits per heavy atom. The first-order valence-electron chi connectivity index (χ1n) is 9.40. The molecule has 0 unspecified atom stereocenters. The fourth-order valence-corrected chi connectivity index (χ4v) is 2.79. The number of hydrogen-bond donors (Lipinski definition) is 2. The zero-order chi connectivity index (χ0) is 20.2. The lowest BCUT2D eigenvalue weighted by Gasteiger charge is -2.18. The summed E-state index contributed by atoms with van der Waals surface area (Å²) >= 11 is 0. The molecule has 146 valence electrons. The Hall–Kier alpha value is -2.50. The van der Waals surface area contributed by atoms with Gasteiger partial charge in [0.25, 0.3) is 5.91 Å². The third kappa shape index (κ3) is 5.49. The van der Waals surface area contributed by atoms with Gasteiger partial charge in [0.15, 0.2) is 0 Å². The number of aromatic nitrogens is 2. The molecule has 6 nitrogen and oxygen atoms in total. The summed E-state index contributed by atoms with van der Waals surface area (Å²) in [7, 11) is 0. The summed E-state index contributed by atoms with van der Waals surface area (Å²) in [6.07, 6.45) is 3.93. The van der Waals surface area contributed by atoms with Crippen molar-refractivity contribution in [3.05, 3.63) is 46.3 Å². The molecular formula is C21H31N5O. The van der Waals surface area contributed by atoms with Crippen molar-refractivity contribution in [2.45, 2.75) is 72.4 Å². The minimum absolute atomic E-state index is 0.0647. The molecule has 0 aromatic carbocycles. The van der Waals surface area contributed by atoms with Gasteiger partial charge < -0.3 is 10.6 Å². The number of nitrogens with one attached hydrogen (secondary N) is 2. The lowest BCUT2D eigenvalue weighted by molar-refractivity contribution is -0.117. The van der Waals surface area contributed by atoms with Crippen LogP contribution < -0.4 is 10.6 Å². The topological polar surface area (TPSA) is 79.3 Å². The molecule has 1 aromatic heterocycles. The molecule has 1 amide bonds. The Bertz CT molecular complexity index is 784. The monoisotopic (exact) mass is 369 g/mol. The van der Waals surface area contributed by atoms with Crippen LogP contribution in [0.15, 0.2) is 39.8 Å². The summed E-state index contributed by atoms with van der Waals surface area (Å²) < 4.78 is 0. The first-order chi connectivity index (χ1) is 12.7. The van der Waals surface area contributed by atoms with Crippen molar-refractivity contribution in [2.75, 3.05) is 0 Å². The quantitative estimate of drug-likeness (QED) is 0.417. The van der Waals surface area contributed by atoms with Gasteiger partial charge in [-0.1, -0.05) is 19.4 Å². The molecule has 1 aliphatic rings. The molecule has 0 atom stereocenters. The van der Waals surface area contributed by atoms with Crippen LogP contribution in [0.2, 0.25) is 0 Å². The highest BCUT2D eigenvalue weighted by molar-refractivity contribution is 5.98. The van der Waals surface area contributed by atoms with E-state index < -0.39 is 0 Å². The van der Waals surface area contributed by atoms with Gasteiger partial charge in [-0.25, -0.2) is 15.0 Å². The predicted molar refractivity (Wildman–Crippen MR) is 109 cm³/mol. The van der Waals surface area contributed by atoms with Crippen molar-refractivity contribution in [3.8, 4) is 0 Å². The van der Waals surface area contributed by atoms with Crippen molar-refractivity contribution >= 4 is 12.6 Å². The third-order valence-electron chi connectivity index (χ3n) is 4.71. The SMILES string of the molecule is C=N/C(NC1(C)CC1)=C(\C)C(C(=O)NCc1ccnc(C(C)C)n1)=C(C)C. The van der Waals surface area contributed by atoms with Crippen molar-refractivity contribution in [1.82, 2.24) is 20.6 Å². The molecule has 1 aromatic rings. The summed E-state index contributed by atoms with van der Waals surface area (Å²) in [6.45, 7) is 16.0. The van der Waals surface area contributed by atoms with Gasteiger partial charge in [0.1, 0.15) is 11.6 Å². The fourth-order valence-electron chi connectivity index (χ4n) is 2.79. The van der Waals surface area contributed by atoms with E-state index in [2.05, 4.69) is 39.2 Å². The summed E-state index contributed by atoms with van der Waals surface area (Å²) in [5, 5.41) is 6.39. The molecule has 27 heavy (non-hydrogen) atoms. The zero-order valence-electron chi connectivity index (χ0n) is 17.3. The maximum atomic E-state index is 12.9. The molecule has 1 saturated carbocycles. The number of nitrogens with zero attached hydrogens (tertiary/aromatic N) is 3. The van der Waals surface area contributed by atoms with E-state index in [0.29, 0.717) is 17.9 Å². The second-order valence-corrected chi connectivity index (χ2v) is 7.94. The zero-order valence-corrected chi connectivity index (χ0v) is 17.3. The number of carbonyl (C=O) groups excluding carboxylic acids is 1. The number of hydrogen-bond acceptors (Lipinski definition) is 5. The number of allylic oxidation sites excluding steroid dienone is 1. The summed E-state index contributed by atoms with van der Waals surface area (Å²) in [5.41, 5.74) is 3.23. The summed E-state index contributed by atoms with van der Waals surface area (Å²) in [5.74, 6) is 1.56. The van der Waals surface area contributed by atoms with Gasteiger partial charge >= 0.3 is 0 Å². The van der Waals surface area contributed by atoms with Gasteiger partial charge in [0, 0.05) is 28.8 Å². The molecule has 0 spiro atoms. The van der Waals surface area contributed by atoms with Crippen molar-refractivity contribution in [3.63, 3.8) is 0 Å². The van der Waals surface area contributed by atoms with Crippen molar-refractivity contribution < 1.29 is 4.79 Å². The number of carbonyl (C=O) groups is 1. The van der Waals surface area contributed by atoms with E-state index in [1.807, 2.05) is 40.7 Å². The van der Waals surface area contributed by atoms with Crippen molar-refractivity contribution in [2.24, 2.45) is 4.99 Å². The second-order valence-electron chi connectivity index (χ2n) is 7.94. The molecule has 2 N–H and O–H groups in total. The first kappa shape index (κ1) is 20.8. The van der Waals surface area contributed by atoms with Gasteiger partial charge in [0.2, 0.25) is 0 Å². The van der Waals surface area contributed by atoms with Gasteiger partial charge in [-0.15, -0.1) is 0 Å². The molecule has 6 heteroatoms. The Labute approximate surface area is 162 Å². The maximum absolute atomic E-state index is 12.9. The van der Waals surface area contributed by atoms with E-state index in [0.717, 1.165) is 35.5 Å². The summed E-state index contributed by atoms with van der Waals surface area (Å²) in [6, 6.07) is 1.82. The largest absolute Gasteiger partial charge is 0.365 e. The van der Waals surface area contributed by atoms with Crippen molar-refractivity contribution in [1.29, 1.82) is 0 Å². The van der Waals surface area contributed by atoms with E-state index in [4.69, 9.17) is 0 Å². The fraction of sp³-hybridized carbons (Fsp3) is 0.524. The number of amides is 1. The van der Waals surface area contributed by atoms with E-state index >= 15 is 0 Å². The predicted octanol–water partition coefficient (Wildman–Crippen LogP) is 3.63. The average Bonchev–Trinajstić information content (AvgIpc) is 3.35. The molecule has 1 aliphatic carbocycles. The molecule has 1 heterocycles. The van der Waals surface area contributed by atoms with Crippen LogP contribution in [0, 0.1) is 0 Å². The highest BCUT2D eigenvalue weighted by Crippen LogP contribution is 2.36. The van der Waals surface area contributed by atoms with Crippen LogP contribution in [0.5, 0.6) is 0 Å². The molecule has 2 rings (SSSR count). The van der Waals surface area contributed by atoms with E-state index in [-0.39, 0.29) is 17.4 Å². The summed E-state index contributed by atoms with van der Waals surface area (Å²) in [4.78, 5) is 25.8. The normalized spacial score (nSPS) is 15.7. The molecule has 0 saturated heterocycles. The van der Waals surface area contributed by atoms with Crippen LogP contribution in [0.25, 0.3) is 0 Å². The van der Waals surface area contributed by atoms with Crippen LogP contribution in [0.4, 0.5) is 0 Å². The van der Waals surface area contributed by atoms with Gasteiger partial charge in [-0.3, -0.25) is 4.79 Å². The Morgan fingerprint density at radius 1 is 1.33 bits per heavy atom. The highest BCUT2D eigenvalue weighted by Gasteiger charge is 2.38. The lowest BCUT2D eigenvalue weighted by Crippen LogP contribution is -2.30. The van der Waals surface area contributed by atoms with E-state index in [1.54, 1.807) is 6.20 Å². The lowest BCUT2D eigenvalue weighted by atomic mass is 10.0. The van der Waals surface area contributed by atoms with Crippen LogP contribution in [-0.2, 0) is 11.3 Å². The second kappa shape index (κ2) is 8.46. The first-order valence-corrected chi connectivity index (χ1v) is 9.40. The molecular weight excluding hydrogens is 338 g/mol. The molecule has 0 bridgehead atoms. The Kier molecular flexibility index (Phi) is 6.52. The Balaban J connectivity index is 2.16. The van der Waals surface area contributed by atoms with E-state index in [9.17, 15) is 4.79 Å². The minimum atomic E-state index is -0.138.